The van der Waals surface area contributed by atoms with E-state index in [0.717, 1.165) is 33.4 Å². The number of hydrogen-bond donors (Lipinski definition) is 0. The molecule has 0 N–H and O–H groups in total. The normalized spacial score (nSPS) is 11.2. The zero-order chi connectivity index (χ0) is 26.5. The van der Waals surface area contributed by atoms with Crippen LogP contribution in [0.25, 0.3) is 11.1 Å². The lowest BCUT2D eigenvalue weighted by atomic mass is 9.90. The summed E-state index contributed by atoms with van der Waals surface area (Å²) in [4.78, 5) is 0. The Morgan fingerprint density at radius 3 is 1.13 bits per heavy atom. The Kier molecular flexibility index (Phi) is 8.65. The van der Waals surface area contributed by atoms with Crippen molar-refractivity contribution in [2.45, 2.75) is 5.92 Å². The Bertz CT molecular complexity index is 1540. The smallest absolute Gasteiger partial charge is 0.0290 e. The molecule has 0 aliphatic heterocycles. The molecule has 0 radical (unpaired) electrons. The van der Waals surface area contributed by atoms with E-state index in [1.165, 1.54) is 5.56 Å². The third kappa shape index (κ3) is 7.36. The average Bonchev–Trinajstić information content (AvgIpc) is 3.02. The van der Waals surface area contributed by atoms with Gasteiger partial charge < -0.3 is 0 Å². The van der Waals surface area contributed by atoms with E-state index in [0.29, 0.717) is 0 Å². The van der Waals surface area contributed by atoms with Gasteiger partial charge in [-0.15, -0.1) is 0 Å². The van der Waals surface area contributed by atoms with E-state index in [2.05, 4.69) is 115 Å². The van der Waals surface area contributed by atoms with E-state index in [9.17, 15) is 0 Å². The molecule has 0 atom stereocenters. The number of rotatable bonds is 5. The molecule has 0 aliphatic rings. The van der Waals surface area contributed by atoms with E-state index in [1.54, 1.807) is 0 Å². The summed E-state index contributed by atoms with van der Waals surface area (Å²) in [7, 11) is 0. The molecule has 0 nitrogen and oxygen atoms in total. The molecular formula is C39H28. The van der Waals surface area contributed by atoms with Crippen molar-refractivity contribution < 1.29 is 0 Å². The minimum atomic E-state index is -0.0354. The van der Waals surface area contributed by atoms with Gasteiger partial charge in [-0.2, -0.15) is 0 Å². The fraction of sp³-hybridized carbons (Fsp3) is 0.0256. The molecule has 39 heavy (non-hydrogen) atoms. The van der Waals surface area contributed by atoms with Crippen molar-refractivity contribution in [1.82, 2.24) is 0 Å². The van der Waals surface area contributed by atoms with Crippen LogP contribution in [0.3, 0.4) is 0 Å². The van der Waals surface area contributed by atoms with Gasteiger partial charge in [0.05, 0.1) is 0 Å². The van der Waals surface area contributed by atoms with Crippen LogP contribution in [-0.2, 0) is 0 Å². The number of hydrogen-bond acceptors (Lipinski definition) is 0. The fourth-order valence-corrected chi connectivity index (χ4v) is 4.25. The molecule has 5 aromatic carbocycles. The van der Waals surface area contributed by atoms with Crippen molar-refractivity contribution in [1.29, 1.82) is 0 Å². The summed E-state index contributed by atoms with van der Waals surface area (Å²) in [6.07, 6.45) is 4.52. The van der Waals surface area contributed by atoms with Crippen LogP contribution in [0.1, 0.15) is 33.7 Å². The molecule has 0 aromatic heterocycles. The monoisotopic (exact) mass is 496 g/mol. The van der Waals surface area contributed by atoms with E-state index < -0.39 is 0 Å². The molecule has 5 aromatic rings. The highest BCUT2D eigenvalue weighted by atomic mass is 14.1. The second-order valence-electron chi connectivity index (χ2n) is 9.06. The Morgan fingerprint density at radius 2 is 0.744 bits per heavy atom. The Labute approximate surface area is 232 Å². The summed E-state index contributed by atoms with van der Waals surface area (Å²) < 4.78 is 0. The first-order valence-electron chi connectivity index (χ1n) is 13.1. The van der Waals surface area contributed by atoms with Gasteiger partial charge in [-0.3, -0.25) is 0 Å². The first-order valence-corrected chi connectivity index (χ1v) is 13.1. The highest BCUT2D eigenvalue weighted by Gasteiger charge is 2.11. The highest BCUT2D eigenvalue weighted by Crippen LogP contribution is 2.28. The van der Waals surface area contributed by atoms with Crippen LogP contribution in [0.5, 0.6) is 0 Å². The molecule has 0 heteroatoms. The molecule has 0 bridgehead atoms. The lowest BCUT2D eigenvalue weighted by molar-refractivity contribution is 1.09. The molecule has 5 rings (SSSR count). The lowest BCUT2D eigenvalue weighted by Gasteiger charge is -2.13. The summed E-state index contributed by atoms with van der Waals surface area (Å²) >= 11 is 0. The number of allylic oxidation sites excluding steroid dienone is 4. The van der Waals surface area contributed by atoms with Crippen molar-refractivity contribution in [2.24, 2.45) is 0 Å². The maximum absolute atomic E-state index is 3.47. The lowest BCUT2D eigenvalue weighted by Crippen LogP contribution is -1.96. The predicted octanol–water partition coefficient (Wildman–Crippen LogP) is 9.04. The Morgan fingerprint density at radius 1 is 0.410 bits per heavy atom. The largest absolute Gasteiger partial charge is 0.0622 e. The maximum atomic E-state index is 3.47. The molecule has 0 saturated heterocycles. The van der Waals surface area contributed by atoms with Crippen molar-refractivity contribution >= 4 is 11.1 Å². The van der Waals surface area contributed by atoms with Crippen LogP contribution < -0.4 is 0 Å². The summed E-state index contributed by atoms with van der Waals surface area (Å²) in [5.41, 5.74) is 7.30. The molecule has 0 amide bonds. The van der Waals surface area contributed by atoms with Gasteiger partial charge in [-0.05, 0) is 41.0 Å². The highest BCUT2D eigenvalue weighted by molar-refractivity contribution is 5.83. The van der Waals surface area contributed by atoms with E-state index in [4.69, 9.17) is 0 Å². The molecule has 0 aliphatic carbocycles. The third-order valence-corrected chi connectivity index (χ3v) is 6.28. The second kappa shape index (κ2) is 13.3. The van der Waals surface area contributed by atoms with Crippen LogP contribution in [0, 0.1) is 23.7 Å². The van der Waals surface area contributed by atoms with Crippen LogP contribution in [-0.4, -0.2) is 0 Å². The van der Waals surface area contributed by atoms with Crippen molar-refractivity contribution in [3.05, 3.63) is 192 Å². The minimum Gasteiger partial charge on any atom is -0.0622 e. The van der Waals surface area contributed by atoms with Crippen LogP contribution in [0.4, 0.5) is 0 Å². The topological polar surface area (TPSA) is 0 Å². The quantitative estimate of drug-likeness (QED) is 0.213. The van der Waals surface area contributed by atoms with Gasteiger partial charge in [0, 0.05) is 28.2 Å². The van der Waals surface area contributed by atoms with E-state index in [-0.39, 0.29) is 5.92 Å². The molecule has 0 saturated carbocycles. The number of benzene rings is 5. The van der Waals surface area contributed by atoms with E-state index >= 15 is 0 Å². The van der Waals surface area contributed by atoms with Crippen LogP contribution in [0.2, 0.25) is 0 Å². The average molecular weight is 497 g/mol. The van der Waals surface area contributed by atoms with Gasteiger partial charge in [0.1, 0.15) is 0 Å². The first kappa shape index (κ1) is 25.4. The van der Waals surface area contributed by atoms with Gasteiger partial charge in [0.2, 0.25) is 0 Å². The summed E-state index contributed by atoms with van der Waals surface area (Å²) in [6.45, 7) is 0. The molecule has 0 fully saturated rings. The standard InChI is InChI=1S/C39H28/c1-6-16-32(17-7-1)26-28-37(34-20-10-3-11-21-34)30-39(36-24-14-5-15-25-36)31-38(35-22-12-4-13-23-35)29-27-33-18-8-2-9-19-33/h1-25,30-31,39H/b37-30+,38-31+. The van der Waals surface area contributed by atoms with Gasteiger partial charge in [0.15, 0.2) is 0 Å². The van der Waals surface area contributed by atoms with Gasteiger partial charge in [0.25, 0.3) is 0 Å². The zero-order valence-electron chi connectivity index (χ0n) is 21.7. The summed E-state index contributed by atoms with van der Waals surface area (Å²) in [6, 6.07) is 51.5. The SMILES string of the molecule is C(#Cc1ccccc1)/C(=C\C(/C=C(\C#Cc1ccccc1)c1ccccc1)c1ccccc1)c1ccccc1. The molecule has 0 unspecified atom stereocenters. The molecule has 0 spiro atoms. The van der Waals surface area contributed by atoms with Crippen LogP contribution >= 0.6 is 0 Å². The fourth-order valence-electron chi connectivity index (χ4n) is 4.25. The summed E-state index contributed by atoms with van der Waals surface area (Å²) in [5, 5.41) is 0. The Balaban J connectivity index is 1.66. The van der Waals surface area contributed by atoms with Crippen molar-refractivity contribution in [2.75, 3.05) is 0 Å². The zero-order valence-corrected chi connectivity index (χ0v) is 21.7. The minimum absolute atomic E-state index is 0.0354. The molecule has 184 valence electrons. The maximum Gasteiger partial charge on any atom is 0.0290 e. The third-order valence-electron chi connectivity index (χ3n) is 6.28. The molecule has 0 heterocycles. The van der Waals surface area contributed by atoms with Gasteiger partial charge in [-0.1, -0.05) is 163 Å². The van der Waals surface area contributed by atoms with Crippen molar-refractivity contribution in [3.63, 3.8) is 0 Å². The van der Waals surface area contributed by atoms with Gasteiger partial charge >= 0.3 is 0 Å². The van der Waals surface area contributed by atoms with Crippen molar-refractivity contribution in [3.8, 4) is 23.7 Å². The predicted molar refractivity (Wildman–Crippen MR) is 165 cm³/mol. The summed E-state index contributed by atoms with van der Waals surface area (Å²) in [5.74, 6) is 13.6. The van der Waals surface area contributed by atoms with E-state index in [1.807, 2.05) is 72.8 Å². The van der Waals surface area contributed by atoms with Crippen LogP contribution in [0.15, 0.2) is 164 Å². The Hall–Kier alpha value is -5.30. The first-order chi connectivity index (χ1) is 19.3. The molecular weight excluding hydrogens is 468 g/mol. The second-order valence-corrected chi connectivity index (χ2v) is 9.06. The van der Waals surface area contributed by atoms with Gasteiger partial charge in [-0.25, -0.2) is 0 Å².